The standard InChI is InChI=1S/C14H11BrClFO/c1-9-6-10(8-16)2-4-13(9)18-14-5-3-11(17)7-12(14)15/h2-7H,8H2,1H3. The van der Waals surface area contributed by atoms with E-state index >= 15 is 0 Å². The van der Waals surface area contributed by atoms with Gasteiger partial charge < -0.3 is 4.74 Å². The van der Waals surface area contributed by atoms with Crippen LogP contribution in [-0.4, -0.2) is 0 Å². The topological polar surface area (TPSA) is 9.23 Å². The molecule has 0 radical (unpaired) electrons. The van der Waals surface area contributed by atoms with Crippen LogP contribution in [0.15, 0.2) is 40.9 Å². The van der Waals surface area contributed by atoms with Crippen molar-refractivity contribution in [2.24, 2.45) is 0 Å². The Labute approximate surface area is 119 Å². The fourth-order valence-electron chi connectivity index (χ4n) is 1.59. The molecule has 0 atom stereocenters. The predicted octanol–water partition coefficient (Wildman–Crippen LogP) is 5.43. The minimum atomic E-state index is -0.302. The van der Waals surface area contributed by atoms with Crippen molar-refractivity contribution in [2.45, 2.75) is 12.8 Å². The van der Waals surface area contributed by atoms with Crippen molar-refractivity contribution < 1.29 is 9.13 Å². The van der Waals surface area contributed by atoms with Gasteiger partial charge in [-0.25, -0.2) is 4.39 Å². The molecule has 0 heterocycles. The van der Waals surface area contributed by atoms with E-state index in [0.29, 0.717) is 16.1 Å². The molecule has 0 aliphatic carbocycles. The van der Waals surface area contributed by atoms with Crippen LogP contribution in [0.4, 0.5) is 4.39 Å². The Morgan fingerprint density at radius 1 is 1.17 bits per heavy atom. The third kappa shape index (κ3) is 3.03. The van der Waals surface area contributed by atoms with E-state index < -0.39 is 0 Å². The van der Waals surface area contributed by atoms with E-state index in [-0.39, 0.29) is 5.82 Å². The van der Waals surface area contributed by atoms with Crippen LogP contribution < -0.4 is 4.74 Å². The SMILES string of the molecule is Cc1cc(CCl)ccc1Oc1ccc(F)cc1Br. The summed E-state index contributed by atoms with van der Waals surface area (Å²) in [5.74, 6) is 1.49. The molecule has 0 fully saturated rings. The van der Waals surface area contributed by atoms with Gasteiger partial charge in [-0.2, -0.15) is 0 Å². The Kier molecular flexibility index (Phi) is 4.25. The molecule has 2 rings (SSSR count). The number of ether oxygens (including phenoxy) is 1. The summed E-state index contributed by atoms with van der Waals surface area (Å²) in [6.07, 6.45) is 0. The zero-order chi connectivity index (χ0) is 13.1. The Balaban J connectivity index is 2.28. The minimum Gasteiger partial charge on any atom is -0.456 e. The van der Waals surface area contributed by atoms with E-state index in [0.717, 1.165) is 16.9 Å². The molecular weight excluding hydrogens is 319 g/mol. The summed E-state index contributed by atoms with van der Waals surface area (Å²) in [4.78, 5) is 0. The molecule has 0 aliphatic rings. The van der Waals surface area contributed by atoms with Crippen LogP contribution in [0, 0.1) is 12.7 Å². The van der Waals surface area contributed by atoms with Crippen molar-refractivity contribution in [3.8, 4) is 11.5 Å². The van der Waals surface area contributed by atoms with Crippen molar-refractivity contribution in [2.75, 3.05) is 0 Å². The summed E-state index contributed by atoms with van der Waals surface area (Å²) < 4.78 is 19.3. The first-order valence-electron chi connectivity index (χ1n) is 5.38. The van der Waals surface area contributed by atoms with E-state index in [1.165, 1.54) is 12.1 Å². The normalized spacial score (nSPS) is 10.4. The molecule has 18 heavy (non-hydrogen) atoms. The second-order valence-corrected chi connectivity index (χ2v) is 5.03. The van der Waals surface area contributed by atoms with E-state index in [9.17, 15) is 4.39 Å². The van der Waals surface area contributed by atoms with Crippen LogP contribution in [-0.2, 0) is 5.88 Å². The van der Waals surface area contributed by atoms with Crippen LogP contribution in [0.5, 0.6) is 11.5 Å². The first kappa shape index (κ1) is 13.4. The van der Waals surface area contributed by atoms with Crippen LogP contribution in [0.3, 0.4) is 0 Å². The summed E-state index contributed by atoms with van der Waals surface area (Å²) in [6.45, 7) is 1.95. The molecule has 0 spiro atoms. The van der Waals surface area contributed by atoms with E-state index in [1.54, 1.807) is 6.07 Å². The quantitative estimate of drug-likeness (QED) is 0.682. The third-order valence-electron chi connectivity index (χ3n) is 2.51. The fraction of sp³-hybridized carbons (Fsp3) is 0.143. The Morgan fingerprint density at radius 3 is 2.50 bits per heavy atom. The summed E-state index contributed by atoms with van der Waals surface area (Å²) in [7, 11) is 0. The molecular formula is C14H11BrClFO. The molecule has 94 valence electrons. The van der Waals surface area contributed by atoms with Crippen LogP contribution in [0.1, 0.15) is 11.1 Å². The number of hydrogen-bond acceptors (Lipinski definition) is 1. The highest BCUT2D eigenvalue weighted by atomic mass is 79.9. The van der Waals surface area contributed by atoms with Gasteiger partial charge in [-0.1, -0.05) is 12.1 Å². The highest BCUT2D eigenvalue weighted by Crippen LogP contribution is 2.32. The van der Waals surface area contributed by atoms with E-state index in [1.807, 2.05) is 25.1 Å². The van der Waals surface area contributed by atoms with Gasteiger partial charge >= 0.3 is 0 Å². The molecule has 0 bridgehead atoms. The number of rotatable bonds is 3. The lowest BCUT2D eigenvalue weighted by atomic mass is 10.1. The number of aryl methyl sites for hydroxylation is 1. The molecule has 1 nitrogen and oxygen atoms in total. The van der Waals surface area contributed by atoms with Gasteiger partial charge in [-0.3, -0.25) is 0 Å². The van der Waals surface area contributed by atoms with Gasteiger partial charge in [0.15, 0.2) is 0 Å². The molecule has 2 aromatic rings. The monoisotopic (exact) mass is 328 g/mol. The second kappa shape index (κ2) is 5.72. The first-order chi connectivity index (χ1) is 8.60. The number of benzene rings is 2. The number of alkyl halides is 1. The van der Waals surface area contributed by atoms with Crippen molar-refractivity contribution in [3.63, 3.8) is 0 Å². The lowest BCUT2D eigenvalue weighted by Crippen LogP contribution is -1.90. The summed E-state index contributed by atoms with van der Waals surface area (Å²) in [6, 6.07) is 10.1. The van der Waals surface area contributed by atoms with Crippen LogP contribution in [0.25, 0.3) is 0 Å². The zero-order valence-electron chi connectivity index (χ0n) is 9.71. The highest BCUT2D eigenvalue weighted by molar-refractivity contribution is 9.10. The Hall–Kier alpha value is -1.06. The molecule has 0 saturated carbocycles. The molecule has 2 aromatic carbocycles. The maximum absolute atomic E-state index is 13.0. The molecule has 0 saturated heterocycles. The maximum Gasteiger partial charge on any atom is 0.141 e. The van der Waals surface area contributed by atoms with Gasteiger partial charge in [-0.15, -0.1) is 11.6 Å². The Morgan fingerprint density at radius 2 is 1.89 bits per heavy atom. The van der Waals surface area contributed by atoms with Crippen molar-refractivity contribution in [1.29, 1.82) is 0 Å². The second-order valence-electron chi connectivity index (χ2n) is 3.91. The molecule has 0 aliphatic heterocycles. The van der Waals surface area contributed by atoms with Gasteiger partial charge in [0.25, 0.3) is 0 Å². The first-order valence-corrected chi connectivity index (χ1v) is 6.71. The highest BCUT2D eigenvalue weighted by Gasteiger charge is 2.06. The summed E-state index contributed by atoms with van der Waals surface area (Å²) in [5, 5.41) is 0. The average molecular weight is 330 g/mol. The Bertz CT molecular complexity index is 572. The summed E-state index contributed by atoms with van der Waals surface area (Å²) in [5.41, 5.74) is 2.03. The van der Waals surface area contributed by atoms with Crippen LogP contribution >= 0.6 is 27.5 Å². The number of hydrogen-bond donors (Lipinski definition) is 0. The average Bonchev–Trinajstić information content (AvgIpc) is 2.34. The van der Waals surface area contributed by atoms with E-state index in [4.69, 9.17) is 16.3 Å². The third-order valence-corrected chi connectivity index (χ3v) is 3.44. The fourth-order valence-corrected chi connectivity index (χ4v) is 2.18. The van der Waals surface area contributed by atoms with Gasteiger partial charge in [-0.05, 0) is 58.2 Å². The van der Waals surface area contributed by atoms with Gasteiger partial charge in [0.05, 0.1) is 4.47 Å². The van der Waals surface area contributed by atoms with Gasteiger partial charge in [0.1, 0.15) is 17.3 Å². The van der Waals surface area contributed by atoms with Crippen molar-refractivity contribution in [3.05, 3.63) is 57.8 Å². The number of halogens is 3. The lowest BCUT2D eigenvalue weighted by Gasteiger charge is -2.11. The van der Waals surface area contributed by atoms with Crippen molar-refractivity contribution in [1.82, 2.24) is 0 Å². The molecule has 4 heteroatoms. The van der Waals surface area contributed by atoms with Gasteiger partial charge in [0.2, 0.25) is 0 Å². The largest absolute Gasteiger partial charge is 0.456 e. The van der Waals surface area contributed by atoms with Gasteiger partial charge in [0, 0.05) is 5.88 Å². The molecule has 0 amide bonds. The molecule has 0 N–H and O–H groups in total. The zero-order valence-corrected chi connectivity index (χ0v) is 12.1. The van der Waals surface area contributed by atoms with Crippen LogP contribution in [0.2, 0.25) is 0 Å². The predicted molar refractivity (Wildman–Crippen MR) is 74.9 cm³/mol. The molecule has 0 unspecified atom stereocenters. The lowest BCUT2D eigenvalue weighted by molar-refractivity contribution is 0.473. The minimum absolute atomic E-state index is 0.302. The van der Waals surface area contributed by atoms with Crippen molar-refractivity contribution >= 4 is 27.5 Å². The smallest absolute Gasteiger partial charge is 0.141 e. The summed E-state index contributed by atoms with van der Waals surface area (Å²) >= 11 is 9.04. The van der Waals surface area contributed by atoms with E-state index in [2.05, 4.69) is 15.9 Å². The molecule has 0 aromatic heterocycles. The maximum atomic E-state index is 13.0.